The minimum Gasteiger partial charge on any atom is -0.504 e. The minimum absolute atomic E-state index is 0.0477. The average molecular weight is 457 g/mol. The Labute approximate surface area is 196 Å². The van der Waals surface area contributed by atoms with E-state index in [4.69, 9.17) is 0 Å². The first-order valence-electron chi connectivity index (χ1n) is 10.2. The Morgan fingerprint density at radius 1 is 0.853 bits per heavy atom. The fourth-order valence-electron chi connectivity index (χ4n) is 2.93. The predicted octanol–water partition coefficient (Wildman–Crippen LogP) is 3.67. The number of rotatable bonds is 7. The van der Waals surface area contributed by atoms with Crippen molar-refractivity contribution in [3.63, 3.8) is 0 Å². The number of allylic oxidation sites excluding steroid dienone is 2. The summed E-state index contributed by atoms with van der Waals surface area (Å²) >= 11 is 0. The number of nitrogens with one attached hydrogen (secondary N) is 2. The van der Waals surface area contributed by atoms with Crippen molar-refractivity contribution in [1.29, 1.82) is 0 Å². The molecule has 0 saturated heterocycles. The van der Waals surface area contributed by atoms with Crippen LogP contribution in [0.15, 0.2) is 95.2 Å². The lowest BCUT2D eigenvalue weighted by Crippen LogP contribution is -2.33. The molecule has 0 unspecified atom stereocenters. The SMILES string of the molecule is CC(=Cc1ccccc1)C=C(NC(=O)c1ccccc1)C(=O)NN=Cc1ccc(O)c(O)c1O. The maximum atomic E-state index is 12.8. The topological polar surface area (TPSA) is 131 Å². The van der Waals surface area contributed by atoms with Gasteiger partial charge in [0.05, 0.1) is 6.21 Å². The Morgan fingerprint density at radius 3 is 2.18 bits per heavy atom. The molecule has 0 aliphatic rings. The largest absolute Gasteiger partial charge is 0.504 e. The summed E-state index contributed by atoms with van der Waals surface area (Å²) < 4.78 is 0. The molecule has 0 fully saturated rings. The Balaban J connectivity index is 1.83. The molecule has 0 atom stereocenters. The summed E-state index contributed by atoms with van der Waals surface area (Å²) in [4.78, 5) is 25.4. The second-order valence-corrected chi connectivity index (χ2v) is 7.25. The van der Waals surface area contributed by atoms with E-state index >= 15 is 0 Å². The zero-order chi connectivity index (χ0) is 24.5. The second-order valence-electron chi connectivity index (χ2n) is 7.25. The third kappa shape index (κ3) is 6.33. The molecule has 0 aliphatic heterocycles. The molecule has 172 valence electrons. The molecule has 3 aromatic carbocycles. The van der Waals surface area contributed by atoms with Crippen LogP contribution in [0.25, 0.3) is 6.08 Å². The van der Waals surface area contributed by atoms with Gasteiger partial charge in [0, 0.05) is 11.1 Å². The van der Waals surface area contributed by atoms with Crippen molar-refractivity contribution >= 4 is 24.1 Å². The molecule has 2 amide bonds. The molecule has 8 heteroatoms. The van der Waals surface area contributed by atoms with Crippen molar-refractivity contribution in [2.45, 2.75) is 6.92 Å². The van der Waals surface area contributed by atoms with Crippen molar-refractivity contribution < 1.29 is 24.9 Å². The molecular weight excluding hydrogens is 434 g/mol. The van der Waals surface area contributed by atoms with Gasteiger partial charge in [-0.25, -0.2) is 5.43 Å². The Kier molecular flexibility index (Phi) is 7.80. The van der Waals surface area contributed by atoms with Gasteiger partial charge < -0.3 is 20.6 Å². The summed E-state index contributed by atoms with van der Waals surface area (Å²) in [6.07, 6.45) is 4.46. The van der Waals surface area contributed by atoms with Gasteiger partial charge in [-0.05, 0) is 48.4 Å². The van der Waals surface area contributed by atoms with Gasteiger partial charge in [0.25, 0.3) is 11.8 Å². The molecular formula is C26H23N3O5. The summed E-state index contributed by atoms with van der Waals surface area (Å²) in [5.41, 5.74) is 4.30. The lowest BCUT2D eigenvalue weighted by Gasteiger charge is -2.09. The van der Waals surface area contributed by atoms with Gasteiger partial charge in [0.2, 0.25) is 5.75 Å². The van der Waals surface area contributed by atoms with E-state index in [1.807, 2.05) is 36.4 Å². The number of hydrogen-bond donors (Lipinski definition) is 5. The predicted molar refractivity (Wildman–Crippen MR) is 129 cm³/mol. The van der Waals surface area contributed by atoms with Crippen LogP contribution in [0.2, 0.25) is 0 Å². The summed E-state index contributed by atoms with van der Waals surface area (Å²) in [5, 5.41) is 35.2. The van der Waals surface area contributed by atoms with Crippen molar-refractivity contribution in [2.75, 3.05) is 0 Å². The van der Waals surface area contributed by atoms with Gasteiger partial charge in [-0.2, -0.15) is 5.10 Å². The Hall–Kier alpha value is -4.85. The Morgan fingerprint density at radius 2 is 1.50 bits per heavy atom. The first-order valence-corrected chi connectivity index (χ1v) is 10.2. The quantitative estimate of drug-likeness (QED) is 0.121. The van der Waals surface area contributed by atoms with Crippen LogP contribution in [0, 0.1) is 0 Å². The van der Waals surface area contributed by atoms with Crippen LogP contribution in [-0.2, 0) is 4.79 Å². The molecule has 0 saturated carbocycles. The van der Waals surface area contributed by atoms with Crippen LogP contribution >= 0.6 is 0 Å². The standard InChI is InChI=1S/C26H23N3O5/c1-17(14-18-8-4-2-5-9-18)15-21(28-25(33)19-10-6-3-7-11-19)26(34)29-27-16-20-12-13-22(30)24(32)23(20)31/h2-16,30-32H,1H3,(H,28,33)(H,29,34). The van der Waals surface area contributed by atoms with Crippen LogP contribution in [0.3, 0.4) is 0 Å². The van der Waals surface area contributed by atoms with Gasteiger partial charge in [-0.1, -0.05) is 54.6 Å². The van der Waals surface area contributed by atoms with Crippen molar-refractivity contribution in [1.82, 2.24) is 10.7 Å². The number of hydrogen-bond acceptors (Lipinski definition) is 6. The summed E-state index contributed by atoms with van der Waals surface area (Å²) in [5.74, 6) is -2.96. The highest BCUT2D eigenvalue weighted by Gasteiger charge is 2.15. The smallest absolute Gasteiger partial charge is 0.287 e. The van der Waals surface area contributed by atoms with Crippen molar-refractivity contribution in [3.8, 4) is 17.2 Å². The van der Waals surface area contributed by atoms with Crippen LogP contribution in [0.1, 0.15) is 28.4 Å². The third-order valence-corrected chi connectivity index (χ3v) is 4.63. The van der Waals surface area contributed by atoms with Crippen LogP contribution < -0.4 is 10.7 Å². The van der Waals surface area contributed by atoms with Gasteiger partial charge in [0.1, 0.15) is 5.70 Å². The van der Waals surface area contributed by atoms with Crippen LogP contribution in [-0.4, -0.2) is 33.3 Å². The molecule has 0 spiro atoms. The highest BCUT2D eigenvalue weighted by atomic mass is 16.3. The maximum Gasteiger partial charge on any atom is 0.287 e. The van der Waals surface area contributed by atoms with Crippen LogP contribution in [0.4, 0.5) is 0 Å². The number of hydrazone groups is 1. The number of phenols is 3. The van der Waals surface area contributed by atoms with Crippen molar-refractivity contribution in [3.05, 3.63) is 107 Å². The molecule has 3 rings (SSSR count). The van der Waals surface area contributed by atoms with E-state index in [1.54, 1.807) is 37.3 Å². The number of nitrogens with zero attached hydrogens (tertiary/aromatic N) is 1. The van der Waals surface area contributed by atoms with Gasteiger partial charge in [0.15, 0.2) is 11.5 Å². The van der Waals surface area contributed by atoms with E-state index in [2.05, 4.69) is 15.8 Å². The number of carbonyl (C=O) groups is 2. The molecule has 5 N–H and O–H groups in total. The summed E-state index contributed by atoms with van der Waals surface area (Å²) in [6.45, 7) is 1.79. The number of carbonyl (C=O) groups excluding carboxylic acids is 2. The van der Waals surface area contributed by atoms with E-state index in [0.29, 0.717) is 11.1 Å². The minimum atomic E-state index is -0.705. The lowest BCUT2D eigenvalue weighted by molar-refractivity contribution is -0.117. The monoisotopic (exact) mass is 457 g/mol. The average Bonchev–Trinajstić information content (AvgIpc) is 2.84. The molecule has 0 bridgehead atoms. The van der Waals surface area contributed by atoms with E-state index in [1.165, 1.54) is 18.2 Å². The number of benzene rings is 3. The Bertz CT molecular complexity index is 1270. The summed E-state index contributed by atoms with van der Waals surface area (Å²) in [6, 6.07) is 20.4. The number of amides is 2. The molecule has 0 heterocycles. The van der Waals surface area contributed by atoms with Crippen LogP contribution in [0.5, 0.6) is 17.2 Å². The number of phenolic OH excluding ortho intramolecular Hbond substituents is 3. The highest BCUT2D eigenvalue weighted by molar-refractivity contribution is 6.03. The van der Waals surface area contributed by atoms with E-state index in [-0.39, 0.29) is 11.3 Å². The molecule has 0 aliphatic carbocycles. The van der Waals surface area contributed by atoms with Gasteiger partial charge in [-0.15, -0.1) is 0 Å². The summed E-state index contributed by atoms with van der Waals surface area (Å²) in [7, 11) is 0. The fourth-order valence-corrected chi connectivity index (χ4v) is 2.93. The molecule has 0 aromatic heterocycles. The van der Waals surface area contributed by atoms with E-state index in [0.717, 1.165) is 11.8 Å². The highest BCUT2D eigenvalue weighted by Crippen LogP contribution is 2.36. The van der Waals surface area contributed by atoms with E-state index < -0.39 is 29.1 Å². The maximum absolute atomic E-state index is 12.8. The second kappa shape index (κ2) is 11.1. The zero-order valence-corrected chi connectivity index (χ0v) is 18.3. The van der Waals surface area contributed by atoms with Gasteiger partial charge >= 0.3 is 0 Å². The lowest BCUT2D eigenvalue weighted by atomic mass is 10.1. The molecule has 0 radical (unpaired) electrons. The molecule has 3 aromatic rings. The van der Waals surface area contributed by atoms with E-state index in [9.17, 15) is 24.9 Å². The first-order chi connectivity index (χ1) is 16.3. The van der Waals surface area contributed by atoms with Crippen molar-refractivity contribution in [2.24, 2.45) is 5.10 Å². The zero-order valence-electron chi connectivity index (χ0n) is 18.3. The van der Waals surface area contributed by atoms with Gasteiger partial charge in [-0.3, -0.25) is 9.59 Å². The third-order valence-electron chi connectivity index (χ3n) is 4.63. The normalized spacial score (nSPS) is 11.9. The molecule has 8 nitrogen and oxygen atoms in total. The molecule has 34 heavy (non-hydrogen) atoms. The first kappa shape index (κ1) is 23.8. The fraction of sp³-hybridized carbons (Fsp3) is 0.0385. The number of aromatic hydroxyl groups is 3.